The van der Waals surface area contributed by atoms with Crippen LogP contribution >= 0.6 is 11.6 Å². The van der Waals surface area contributed by atoms with Gasteiger partial charge in [0, 0.05) is 11.1 Å². The Labute approximate surface area is 146 Å². The lowest BCUT2D eigenvalue weighted by Gasteiger charge is -2.18. The molecule has 24 heavy (non-hydrogen) atoms. The summed E-state index contributed by atoms with van der Waals surface area (Å²) in [5, 5.41) is 0.585. The van der Waals surface area contributed by atoms with E-state index in [2.05, 4.69) is 9.46 Å². The van der Waals surface area contributed by atoms with Gasteiger partial charge in [-0.05, 0) is 42.3 Å². The third-order valence-corrected chi connectivity index (χ3v) is 5.26. The van der Waals surface area contributed by atoms with Crippen molar-refractivity contribution in [3.8, 4) is 0 Å². The topological polar surface area (TPSA) is 72.5 Å². The van der Waals surface area contributed by atoms with Crippen LogP contribution in [0.15, 0.2) is 53.4 Å². The first-order valence-corrected chi connectivity index (χ1v) is 9.19. The quantitative estimate of drug-likeness (QED) is 0.792. The number of methoxy groups -OCH3 is 1. The van der Waals surface area contributed by atoms with Crippen molar-refractivity contribution in [1.29, 1.82) is 0 Å². The molecule has 0 spiro atoms. The fraction of sp³-hybridized carbons (Fsp3) is 0.235. The van der Waals surface area contributed by atoms with Crippen molar-refractivity contribution in [1.82, 2.24) is 4.72 Å². The van der Waals surface area contributed by atoms with Gasteiger partial charge >= 0.3 is 5.97 Å². The maximum Gasteiger partial charge on any atom is 0.337 e. The second-order valence-electron chi connectivity index (χ2n) is 5.15. The van der Waals surface area contributed by atoms with Crippen LogP contribution in [0.3, 0.4) is 0 Å². The van der Waals surface area contributed by atoms with E-state index >= 15 is 0 Å². The molecule has 0 bridgehead atoms. The van der Waals surface area contributed by atoms with Crippen molar-refractivity contribution in [3.63, 3.8) is 0 Å². The summed E-state index contributed by atoms with van der Waals surface area (Å²) < 4.78 is 32.5. The van der Waals surface area contributed by atoms with Gasteiger partial charge in [-0.15, -0.1) is 0 Å². The number of nitrogens with one attached hydrogen (secondary N) is 1. The van der Waals surface area contributed by atoms with Gasteiger partial charge in [-0.25, -0.2) is 17.9 Å². The van der Waals surface area contributed by atoms with E-state index in [1.165, 1.54) is 31.4 Å². The third kappa shape index (κ3) is 4.35. The summed E-state index contributed by atoms with van der Waals surface area (Å²) in [6, 6.07) is 12.3. The van der Waals surface area contributed by atoms with E-state index in [0.717, 1.165) is 5.56 Å². The van der Waals surface area contributed by atoms with Crippen LogP contribution in [0.25, 0.3) is 0 Å². The van der Waals surface area contributed by atoms with Crippen LogP contribution in [0.2, 0.25) is 5.02 Å². The molecule has 2 aromatic carbocycles. The fourth-order valence-corrected chi connectivity index (χ4v) is 3.72. The van der Waals surface area contributed by atoms with Gasteiger partial charge in [0.2, 0.25) is 10.0 Å². The minimum Gasteiger partial charge on any atom is -0.465 e. The Morgan fingerprint density at radius 3 is 2.46 bits per heavy atom. The monoisotopic (exact) mass is 367 g/mol. The standard InChI is InChI=1S/C17H18ClNO4S/c1-3-16(12-7-9-14(18)10-8-12)19-24(21,22)15-6-4-5-13(11-15)17(20)23-2/h4-11,16,19H,3H2,1-2H3. The zero-order chi connectivity index (χ0) is 17.7. The number of hydrogen-bond donors (Lipinski definition) is 1. The van der Waals surface area contributed by atoms with Crippen molar-refractivity contribution in [3.05, 3.63) is 64.7 Å². The van der Waals surface area contributed by atoms with E-state index < -0.39 is 22.0 Å². The second kappa shape index (κ2) is 7.79. The Morgan fingerprint density at radius 2 is 1.88 bits per heavy atom. The summed E-state index contributed by atoms with van der Waals surface area (Å²) in [4.78, 5) is 11.6. The maximum atomic E-state index is 12.6. The molecule has 2 aromatic rings. The molecular formula is C17H18ClNO4S. The van der Waals surface area contributed by atoms with Crippen LogP contribution in [0, 0.1) is 0 Å². The van der Waals surface area contributed by atoms with Crippen LogP contribution in [-0.2, 0) is 14.8 Å². The van der Waals surface area contributed by atoms with Gasteiger partial charge in [0.05, 0.1) is 17.6 Å². The SMILES string of the molecule is CCC(NS(=O)(=O)c1cccc(C(=O)OC)c1)c1ccc(Cl)cc1. The van der Waals surface area contributed by atoms with Gasteiger partial charge < -0.3 is 4.74 Å². The predicted octanol–water partition coefficient (Wildman–Crippen LogP) is 3.56. The molecular weight excluding hydrogens is 350 g/mol. The molecule has 128 valence electrons. The third-order valence-electron chi connectivity index (χ3n) is 3.54. The van der Waals surface area contributed by atoms with Crippen molar-refractivity contribution < 1.29 is 17.9 Å². The number of carbonyl (C=O) groups is 1. The molecule has 5 nitrogen and oxygen atoms in total. The van der Waals surface area contributed by atoms with Crippen molar-refractivity contribution in [2.24, 2.45) is 0 Å². The molecule has 1 atom stereocenters. The Morgan fingerprint density at radius 1 is 1.21 bits per heavy atom. The van der Waals surface area contributed by atoms with E-state index in [9.17, 15) is 13.2 Å². The molecule has 0 heterocycles. The zero-order valence-corrected chi connectivity index (χ0v) is 14.9. The molecule has 0 saturated heterocycles. The Bertz CT molecular complexity index is 819. The highest BCUT2D eigenvalue weighted by molar-refractivity contribution is 7.89. The van der Waals surface area contributed by atoms with Crippen molar-refractivity contribution in [2.45, 2.75) is 24.3 Å². The number of carbonyl (C=O) groups excluding carboxylic acids is 1. The Balaban J connectivity index is 2.29. The highest BCUT2D eigenvalue weighted by Gasteiger charge is 2.21. The first kappa shape index (κ1) is 18.4. The summed E-state index contributed by atoms with van der Waals surface area (Å²) in [6.45, 7) is 1.88. The van der Waals surface area contributed by atoms with Crippen molar-refractivity contribution >= 4 is 27.6 Å². The number of rotatable bonds is 6. The highest BCUT2D eigenvalue weighted by Crippen LogP contribution is 2.22. The van der Waals surface area contributed by atoms with Gasteiger partial charge in [-0.1, -0.05) is 36.7 Å². The van der Waals surface area contributed by atoms with Gasteiger partial charge in [0.1, 0.15) is 0 Å². The zero-order valence-electron chi connectivity index (χ0n) is 13.3. The summed E-state index contributed by atoms with van der Waals surface area (Å²) in [6.07, 6.45) is 0.567. The number of hydrogen-bond acceptors (Lipinski definition) is 4. The number of esters is 1. The fourth-order valence-electron chi connectivity index (χ4n) is 2.25. The molecule has 0 aliphatic heterocycles. The summed E-state index contributed by atoms with van der Waals surface area (Å²) in [5.41, 5.74) is 0.995. The summed E-state index contributed by atoms with van der Waals surface area (Å²) in [5.74, 6) is -0.586. The van der Waals surface area contributed by atoms with Crippen LogP contribution in [-0.4, -0.2) is 21.5 Å². The number of halogens is 1. The molecule has 0 aromatic heterocycles. The van der Waals surface area contributed by atoms with Gasteiger partial charge in [0.25, 0.3) is 0 Å². The maximum absolute atomic E-state index is 12.6. The van der Waals surface area contributed by atoms with E-state index in [0.29, 0.717) is 11.4 Å². The summed E-state index contributed by atoms with van der Waals surface area (Å²) >= 11 is 5.87. The van der Waals surface area contributed by atoms with Gasteiger partial charge in [-0.2, -0.15) is 0 Å². The van der Waals surface area contributed by atoms with Gasteiger partial charge in [-0.3, -0.25) is 0 Å². The number of ether oxygens (including phenoxy) is 1. The van der Waals surface area contributed by atoms with E-state index in [4.69, 9.17) is 11.6 Å². The van der Waals surface area contributed by atoms with E-state index in [1.807, 2.05) is 6.92 Å². The molecule has 0 radical (unpaired) electrons. The average Bonchev–Trinajstić information content (AvgIpc) is 2.60. The highest BCUT2D eigenvalue weighted by atomic mass is 35.5. The van der Waals surface area contributed by atoms with Crippen LogP contribution in [0.1, 0.15) is 35.3 Å². The molecule has 0 aliphatic rings. The normalized spacial score (nSPS) is 12.6. The predicted molar refractivity (Wildman–Crippen MR) is 92.6 cm³/mol. The number of benzene rings is 2. The van der Waals surface area contributed by atoms with E-state index in [-0.39, 0.29) is 10.5 Å². The minimum atomic E-state index is -3.78. The first-order chi connectivity index (χ1) is 11.4. The smallest absolute Gasteiger partial charge is 0.337 e. The molecule has 1 N–H and O–H groups in total. The lowest BCUT2D eigenvalue weighted by atomic mass is 10.1. The molecule has 2 rings (SSSR count). The largest absolute Gasteiger partial charge is 0.465 e. The molecule has 0 fully saturated rings. The molecule has 0 aliphatic carbocycles. The Kier molecular flexibility index (Phi) is 5.99. The van der Waals surface area contributed by atoms with Crippen LogP contribution in [0.5, 0.6) is 0 Å². The van der Waals surface area contributed by atoms with E-state index in [1.54, 1.807) is 24.3 Å². The molecule has 7 heteroatoms. The Hall–Kier alpha value is -1.89. The first-order valence-electron chi connectivity index (χ1n) is 7.33. The molecule has 0 saturated carbocycles. The second-order valence-corrected chi connectivity index (χ2v) is 7.30. The van der Waals surface area contributed by atoms with Crippen molar-refractivity contribution in [2.75, 3.05) is 7.11 Å². The lowest BCUT2D eigenvalue weighted by Crippen LogP contribution is -2.28. The van der Waals surface area contributed by atoms with Crippen LogP contribution in [0.4, 0.5) is 0 Å². The van der Waals surface area contributed by atoms with Gasteiger partial charge in [0.15, 0.2) is 0 Å². The molecule has 0 amide bonds. The minimum absolute atomic E-state index is 0.0119. The number of sulfonamides is 1. The average molecular weight is 368 g/mol. The lowest BCUT2D eigenvalue weighted by molar-refractivity contribution is 0.0600. The van der Waals surface area contributed by atoms with Crippen LogP contribution < -0.4 is 4.72 Å². The summed E-state index contributed by atoms with van der Waals surface area (Å²) in [7, 11) is -2.54. The molecule has 1 unspecified atom stereocenters.